The summed E-state index contributed by atoms with van der Waals surface area (Å²) in [4.78, 5) is 13.5. The second-order valence-corrected chi connectivity index (χ2v) is 5.61. The SMILES string of the molecule is C/C=C/C(=O)N1CC2(CC(C(C)C)C2)C1. The zero-order valence-electron chi connectivity index (χ0n) is 9.99. The molecule has 2 aliphatic rings. The highest BCUT2D eigenvalue weighted by atomic mass is 16.2. The number of likely N-dealkylation sites (tertiary alicyclic amines) is 1. The minimum atomic E-state index is 0.191. The van der Waals surface area contributed by atoms with Crippen molar-refractivity contribution < 1.29 is 4.79 Å². The van der Waals surface area contributed by atoms with Crippen LogP contribution >= 0.6 is 0 Å². The van der Waals surface area contributed by atoms with Crippen LogP contribution in [0.3, 0.4) is 0 Å². The molecule has 1 aliphatic heterocycles. The van der Waals surface area contributed by atoms with Crippen LogP contribution in [0.1, 0.15) is 33.6 Å². The largest absolute Gasteiger partial charge is 0.338 e. The Morgan fingerprint density at radius 3 is 2.47 bits per heavy atom. The maximum atomic E-state index is 11.5. The lowest BCUT2D eigenvalue weighted by Crippen LogP contribution is -2.64. The molecule has 1 spiro atoms. The van der Waals surface area contributed by atoms with Gasteiger partial charge in [0.05, 0.1) is 0 Å². The summed E-state index contributed by atoms with van der Waals surface area (Å²) in [5, 5.41) is 0. The molecule has 1 saturated carbocycles. The van der Waals surface area contributed by atoms with Gasteiger partial charge in [0.15, 0.2) is 0 Å². The molecule has 2 rings (SSSR count). The zero-order chi connectivity index (χ0) is 11.1. The number of hydrogen-bond acceptors (Lipinski definition) is 1. The Hall–Kier alpha value is -0.790. The molecule has 15 heavy (non-hydrogen) atoms. The van der Waals surface area contributed by atoms with Gasteiger partial charge in [0.1, 0.15) is 0 Å². The molecule has 1 heterocycles. The molecule has 0 aromatic carbocycles. The molecule has 1 saturated heterocycles. The minimum absolute atomic E-state index is 0.191. The Bertz CT molecular complexity index is 279. The summed E-state index contributed by atoms with van der Waals surface area (Å²) < 4.78 is 0. The molecule has 2 nitrogen and oxygen atoms in total. The standard InChI is InChI=1S/C13H21NO/c1-4-5-12(15)14-8-13(9-14)6-11(7-13)10(2)3/h4-5,10-11H,6-9H2,1-3H3/b5-4+. The van der Waals surface area contributed by atoms with Gasteiger partial charge < -0.3 is 4.90 Å². The van der Waals surface area contributed by atoms with Crippen molar-refractivity contribution in [3.8, 4) is 0 Å². The van der Waals surface area contributed by atoms with E-state index in [-0.39, 0.29) is 5.91 Å². The number of amides is 1. The van der Waals surface area contributed by atoms with Crippen LogP contribution in [0, 0.1) is 17.3 Å². The Kier molecular flexibility index (Phi) is 2.61. The molecule has 0 bridgehead atoms. The van der Waals surface area contributed by atoms with Crippen LogP contribution in [0.5, 0.6) is 0 Å². The van der Waals surface area contributed by atoms with Gasteiger partial charge >= 0.3 is 0 Å². The van der Waals surface area contributed by atoms with E-state index in [9.17, 15) is 4.79 Å². The first-order valence-electron chi connectivity index (χ1n) is 5.98. The van der Waals surface area contributed by atoms with Crippen molar-refractivity contribution in [2.75, 3.05) is 13.1 Å². The van der Waals surface area contributed by atoms with Gasteiger partial charge in [-0.1, -0.05) is 19.9 Å². The highest BCUT2D eigenvalue weighted by Gasteiger charge is 2.53. The lowest BCUT2D eigenvalue weighted by Gasteiger charge is -2.60. The summed E-state index contributed by atoms with van der Waals surface area (Å²) in [5.41, 5.74) is 0.520. The minimum Gasteiger partial charge on any atom is -0.338 e. The van der Waals surface area contributed by atoms with Crippen LogP contribution < -0.4 is 0 Å². The Morgan fingerprint density at radius 1 is 1.40 bits per heavy atom. The quantitative estimate of drug-likeness (QED) is 0.637. The maximum absolute atomic E-state index is 11.5. The first kappa shape index (κ1) is 10.7. The number of allylic oxidation sites excluding steroid dienone is 1. The van der Waals surface area contributed by atoms with Gasteiger partial charge in [-0.15, -0.1) is 0 Å². The molecule has 0 radical (unpaired) electrons. The van der Waals surface area contributed by atoms with E-state index in [1.807, 2.05) is 17.9 Å². The van der Waals surface area contributed by atoms with Crippen molar-refractivity contribution in [3.05, 3.63) is 12.2 Å². The molecule has 0 unspecified atom stereocenters. The summed E-state index contributed by atoms with van der Waals surface area (Å²) in [7, 11) is 0. The molecular weight excluding hydrogens is 186 g/mol. The third-order valence-corrected chi connectivity index (χ3v) is 4.01. The average Bonchev–Trinajstić information content (AvgIpc) is 1.98. The van der Waals surface area contributed by atoms with Crippen molar-refractivity contribution in [1.29, 1.82) is 0 Å². The van der Waals surface area contributed by atoms with E-state index < -0.39 is 0 Å². The van der Waals surface area contributed by atoms with Gasteiger partial charge in [-0.2, -0.15) is 0 Å². The van der Waals surface area contributed by atoms with Crippen LogP contribution in [0.4, 0.5) is 0 Å². The summed E-state index contributed by atoms with van der Waals surface area (Å²) in [6.07, 6.45) is 6.17. The van der Waals surface area contributed by atoms with Crippen LogP contribution in [0.25, 0.3) is 0 Å². The number of carbonyl (C=O) groups is 1. The van der Waals surface area contributed by atoms with Crippen molar-refractivity contribution in [3.63, 3.8) is 0 Å². The lowest BCUT2D eigenvalue weighted by molar-refractivity contribution is -0.152. The van der Waals surface area contributed by atoms with Gasteiger partial charge in [-0.25, -0.2) is 0 Å². The predicted octanol–water partition coefficient (Wildman–Crippen LogP) is 2.46. The fourth-order valence-electron chi connectivity index (χ4n) is 2.95. The van der Waals surface area contributed by atoms with E-state index >= 15 is 0 Å². The van der Waals surface area contributed by atoms with Crippen LogP contribution in [0.15, 0.2) is 12.2 Å². The Balaban J connectivity index is 1.78. The number of hydrogen-bond donors (Lipinski definition) is 0. The van der Waals surface area contributed by atoms with Gasteiger partial charge in [-0.05, 0) is 37.7 Å². The predicted molar refractivity (Wildman–Crippen MR) is 61.4 cm³/mol. The molecular formula is C13H21NO. The third kappa shape index (κ3) is 1.82. The summed E-state index contributed by atoms with van der Waals surface area (Å²) in [5.74, 6) is 1.91. The Labute approximate surface area is 92.3 Å². The fraction of sp³-hybridized carbons (Fsp3) is 0.769. The summed E-state index contributed by atoms with van der Waals surface area (Å²) in [6, 6.07) is 0. The van der Waals surface area contributed by atoms with Gasteiger partial charge in [0, 0.05) is 18.5 Å². The molecule has 2 fully saturated rings. The Morgan fingerprint density at radius 2 is 2.00 bits per heavy atom. The molecule has 1 amide bonds. The summed E-state index contributed by atoms with van der Waals surface area (Å²) >= 11 is 0. The fourth-order valence-corrected chi connectivity index (χ4v) is 2.95. The normalized spacial score (nSPS) is 24.7. The smallest absolute Gasteiger partial charge is 0.246 e. The van der Waals surface area contributed by atoms with Gasteiger partial charge in [0.2, 0.25) is 5.91 Å². The lowest BCUT2D eigenvalue weighted by atomic mass is 9.55. The van der Waals surface area contributed by atoms with Gasteiger partial charge in [0.25, 0.3) is 0 Å². The number of rotatable bonds is 2. The molecule has 84 valence electrons. The highest BCUT2D eigenvalue weighted by molar-refractivity contribution is 5.88. The molecule has 0 aromatic heterocycles. The molecule has 0 N–H and O–H groups in total. The zero-order valence-corrected chi connectivity index (χ0v) is 9.99. The summed E-state index contributed by atoms with van der Waals surface area (Å²) in [6.45, 7) is 8.50. The van der Waals surface area contributed by atoms with Crippen LogP contribution in [0.2, 0.25) is 0 Å². The first-order valence-corrected chi connectivity index (χ1v) is 5.98. The van der Waals surface area contributed by atoms with Crippen molar-refractivity contribution in [1.82, 2.24) is 4.90 Å². The average molecular weight is 207 g/mol. The van der Waals surface area contributed by atoms with Crippen LogP contribution in [-0.2, 0) is 4.79 Å². The van der Waals surface area contributed by atoms with Gasteiger partial charge in [-0.3, -0.25) is 4.79 Å². The first-order chi connectivity index (χ1) is 7.06. The second-order valence-electron chi connectivity index (χ2n) is 5.61. The third-order valence-electron chi connectivity index (χ3n) is 4.01. The number of nitrogens with zero attached hydrogens (tertiary/aromatic N) is 1. The van der Waals surface area contributed by atoms with Crippen molar-refractivity contribution in [2.45, 2.75) is 33.6 Å². The monoisotopic (exact) mass is 207 g/mol. The maximum Gasteiger partial charge on any atom is 0.246 e. The van der Waals surface area contributed by atoms with E-state index in [0.29, 0.717) is 5.41 Å². The van der Waals surface area contributed by atoms with E-state index in [4.69, 9.17) is 0 Å². The topological polar surface area (TPSA) is 20.3 Å². The van der Waals surface area contributed by atoms with E-state index in [1.165, 1.54) is 12.8 Å². The second kappa shape index (κ2) is 3.66. The number of carbonyl (C=O) groups excluding carboxylic acids is 1. The van der Waals surface area contributed by atoms with E-state index in [1.54, 1.807) is 6.08 Å². The van der Waals surface area contributed by atoms with Crippen molar-refractivity contribution >= 4 is 5.91 Å². The van der Waals surface area contributed by atoms with Crippen LogP contribution in [-0.4, -0.2) is 23.9 Å². The molecule has 0 atom stereocenters. The highest BCUT2D eigenvalue weighted by Crippen LogP contribution is 2.54. The molecule has 2 heteroatoms. The molecule has 1 aliphatic carbocycles. The van der Waals surface area contributed by atoms with Crippen molar-refractivity contribution in [2.24, 2.45) is 17.3 Å². The van der Waals surface area contributed by atoms with E-state index in [2.05, 4.69) is 13.8 Å². The van der Waals surface area contributed by atoms with E-state index in [0.717, 1.165) is 24.9 Å². The molecule has 0 aromatic rings.